The molecular weight excluding hydrogens is 336 g/mol. The summed E-state index contributed by atoms with van der Waals surface area (Å²) in [5.74, 6) is 0. The molecule has 27 heavy (non-hydrogen) atoms. The van der Waals surface area contributed by atoms with E-state index in [2.05, 4.69) is 47.2 Å². The Balaban J connectivity index is 1.43. The molecule has 5 heteroatoms. The number of piperazine rings is 1. The van der Waals surface area contributed by atoms with Crippen molar-refractivity contribution in [2.75, 3.05) is 36.4 Å². The fourth-order valence-electron chi connectivity index (χ4n) is 3.63. The van der Waals surface area contributed by atoms with Crippen molar-refractivity contribution < 1.29 is 4.79 Å². The van der Waals surface area contributed by atoms with E-state index in [-0.39, 0.29) is 6.03 Å². The average molecular weight is 360 g/mol. The van der Waals surface area contributed by atoms with Gasteiger partial charge in [-0.05, 0) is 43.2 Å². The van der Waals surface area contributed by atoms with Gasteiger partial charge in [0.2, 0.25) is 0 Å². The molecule has 0 unspecified atom stereocenters. The zero-order valence-electron chi connectivity index (χ0n) is 15.8. The maximum atomic E-state index is 12.7. The highest BCUT2D eigenvalue weighted by molar-refractivity contribution is 5.99. The molecule has 2 amide bonds. The first-order chi connectivity index (χ1) is 13.1. The third-order valence-electron chi connectivity index (χ3n) is 5.36. The number of amides is 2. The molecule has 138 valence electrons. The number of fused-ring (bicyclic) bond motifs is 1. The van der Waals surface area contributed by atoms with Crippen LogP contribution in [0.2, 0.25) is 0 Å². The van der Waals surface area contributed by atoms with Crippen LogP contribution in [-0.4, -0.2) is 42.1 Å². The molecule has 1 fully saturated rings. The van der Waals surface area contributed by atoms with Crippen LogP contribution in [-0.2, 0) is 0 Å². The number of para-hydroxylation sites is 1. The largest absolute Gasteiger partial charge is 0.368 e. The SMILES string of the molecule is Cc1cccc(N2CCN(C(=O)Nc3cccc4cccnc34)CC2)c1C. The minimum atomic E-state index is -0.0613. The second-order valence-electron chi connectivity index (χ2n) is 7.00. The molecule has 0 spiro atoms. The van der Waals surface area contributed by atoms with Crippen molar-refractivity contribution in [3.8, 4) is 0 Å². The van der Waals surface area contributed by atoms with Gasteiger partial charge in [-0.3, -0.25) is 4.98 Å². The average Bonchev–Trinajstić information content (AvgIpc) is 2.70. The quantitative estimate of drug-likeness (QED) is 0.745. The van der Waals surface area contributed by atoms with Crippen LogP contribution in [0.1, 0.15) is 11.1 Å². The number of nitrogens with zero attached hydrogens (tertiary/aromatic N) is 3. The van der Waals surface area contributed by atoms with Crippen molar-refractivity contribution in [1.82, 2.24) is 9.88 Å². The van der Waals surface area contributed by atoms with Gasteiger partial charge >= 0.3 is 6.03 Å². The Bertz CT molecular complexity index is 972. The smallest absolute Gasteiger partial charge is 0.322 e. The van der Waals surface area contributed by atoms with Gasteiger partial charge in [0, 0.05) is 43.4 Å². The fraction of sp³-hybridized carbons (Fsp3) is 0.273. The van der Waals surface area contributed by atoms with Crippen LogP contribution in [0.3, 0.4) is 0 Å². The van der Waals surface area contributed by atoms with Crippen molar-refractivity contribution in [3.63, 3.8) is 0 Å². The van der Waals surface area contributed by atoms with E-state index >= 15 is 0 Å². The fourth-order valence-corrected chi connectivity index (χ4v) is 3.63. The van der Waals surface area contributed by atoms with Gasteiger partial charge in [-0.1, -0.05) is 30.3 Å². The Hall–Kier alpha value is -3.08. The molecule has 4 rings (SSSR count). The molecule has 0 radical (unpaired) electrons. The lowest BCUT2D eigenvalue weighted by Crippen LogP contribution is -2.50. The summed E-state index contributed by atoms with van der Waals surface area (Å²) in [7, 11) is 0. The van der Waals surface area contributed by atoms with Gasteiger partial charge in [-0.15, -0.1) is 0 Å². The normalized spacial score (nSPS) is 14.4. The highest BCUT2D eigenvalue weighted by Crippen LogP contribution is 2.25. The molecule has 1 aliphatic rings. The highest BCUT2D eigenvalue weighted by atomic mass is 16.2. The van der Waals surface area contributed by atoms with Gasteiger partial charge in [0.05, 0.1) is 11.2 Å². The van der Waals surface area contributed by atoms with Crippen LogP contribution in [0.15, 0.2) is 54.7 Å². The number of urea groups is 1. The third kappa shape index (κ3) is 3.45. The van der Waals surface area contributed by atoms with E-state index in [9.17, 15) is 4.79 Å². The van der Waals surface area contributed by atoms with Crippen molar-refractivity contribution in [1.29, 1.82) is 0 Å². The summed E-state index contributed by atoms with van der Waals surface area (Å²) in [5.41, 5.74) is 5.47. The van der Waals surface area contributed by atoms with Crippen molar-refractivity contribution >= 4 is 28.3 Å². The lowest BCUT2D eigenvalue weighted by molar-refractivity contribution is 0.208. The number of rotatable bonds is 2. The minimum Gasteiger partial charge on any atom is -0.368 e. The van der Waals surface area contributed by atoms with Gasteiger partial charge in [0.15, 0.2) is 0 Å². The Labute approximate surface area is 159 Å². The van der Waals surface area contributed by atoms with Gasteiger partial charge in [-0.25, -0.2) is 4.79 Å². The van der Waals surface area contributed by atoms with Gasteiger partial charge in [0.1, 0.15) is 0 Å². The standard InChI is InChI=1S/C22H24N4O/c1-16-6-3-10-20(17(16)2)25-12-14-26(15-13-25)22(27)24-19-9-4-7-18-8-5-11-23-21(18)19/h3-11H,12-15H2,1-2H3,(H,24,27). The predicted molar refractivity (Wildman–Crippen MR) is 110 cm³/mol. The number of nitrogens with one attached hydrogen (secondary N) is 1. The topological polar surface area (TPSA) is 48.5 Å². The number of carbonyl (C=O) groups is 1. The Kier molecular flexibility index (Phi) is 4.67. The van der Waals surface area contributed by atoms with Crippen LogP contribution in [0, 0.1) is 13.8 Å². The molecule has 1 aliphatic heterocycles. The summed E-state index contributed by atoms with van der Waals surface area (Å²) in [6, 6.07) is 16.1. The Morgan fingerprint density at radius 3 is 2.52 bits per heavy atom. The van der Waals surface area contributed by atoms with Crippen LogP contribution in [0.4, 0.5) is 16.2 Å². The molecule has 1 N–H and O–H groups in total. The number of aryl methyl sites for hydroxylation is 1. The number of aromatic nitrogens is 1. The van der Waals surface area contributed by atoms with Crippen molar-refractivity contribution in [3.05, 3.63) is 65.9 Å². The number of carbonyl (C=O) groups excluding carboxylic acids is 1. The second kappa shape index (κ2) is 7.27. The van der Waals surface area contributed by atoms with E-state index in [0.29, 0.717) is 13.1 Å². The number of pyridine rings is 1. The first-order valence-corrected chi connectivity index (χ1v) is 9.34. The first-order valence-electron chi connectivity index (χ1n) is 9.34. The van der Waals surface area contributed by atoms with Gasteiger partial charge in [0.25, 0.3) is 0 Å². The maximum absolute atomic E-state index is 12.7. The van der Waals surface area contributed by atoms with Crippen LogP contribution >= 0.6 is 0 Å². The van der Waals surface area contributed by atoms with Crippen molar-refractivity contribution in [2.24, 2.45) is 0 Å². The molecule has 1 aromatic heterocycles. The second-order valence-corrected chi connectivity index (χ2v) is 7.00. The zero-order valence-corrected chi connectivity index (χ0v) is 15.8. The number of hydrogen-bond acceptors (Lipinski definition) is 3. The summed E-state index contributed by atoms with van der Waals surface area (Å²) in [6.45, 7) is 7.39. The number of hydrogen-bond donors (Lipinski definition) is 1. The number of anilines is 2. The summed E-state index contributed by atoms with van der Waals surface area (Å²) < 4.78 is 0. The Morgan fingerprint density at radius 1 is 0.963 bits per heavy atom. The molecule has 0 saturated carbocycles. The van der Waals surface area contributed by atoms with E-state index < -0.39 is 0 Å². The third-order valence-corrected chi connectivity index (χ3v) is 5.36. The summed E-state index contributed by atoms with van der Waals surface area (Å²) in [4.78, 5) is 21.4. The molecule has 2 heterocycles. The first kappa shape index (κ1) is 17.3. The van der Waals surface area contributed by atoms with Crippen LogP contribution < -0.4 is 10.2 Å². The van der Waals surface area contributed by atoms with E-state index in [0.717, 1.165) is 29.7 Å². The van der Waals surface area contributed by atoms with E-state index in [4.69, 9.17) is 0 Å². The minimum absolute atomic E-state index is 0.0613. The molecule has 1 saturated heterocycles. The summed E-state index contributed by atoms with van der Waals surface area (Å²) in [5, 5.41) is 4.06. The Morgan fingerprint density at radius 2 is 1.70 bits per heavy atom. The molecule has 0 atom stereocenters. The highest BCUT2D eigenvalue weighted by Gasteiger charge is 2.22. The monoisotopic (exact) mass is 360 g/mol. The molecule has 5 nitrogen and oxygen atoms in total. The molecule has 0 bridgehead atoms. The predicted octanol–water partition coefficient (Wildman–Crippen LogP) is 4.21. The van der Waals surface area contributed by atoms with Crippen LogP contribution in [0.5, 0.6) is 0 Å². The van der Waals surface area contributed by atoms with Gasteiger partial charge < -0.3 is 15.1 Å². The summed E-state index contributed by atoms with van der Waals surface area (Å²) in [6.07, 6.45) is 1.75. The van der Waals surface area contributed by atoms with E-state index in [1.165, 1.54) is 16.8 Å². The summed E-state index contributed by atoms with van der Waals surface area (Å²) >= 11 is 0. The molecular formula is C22H24N4O. The number of benzene rings is 2. The van der Waals surface area contributed by atoms with E-state index in [1.54, 1.807) is 6.20 Å². The van der Waals surface area contributed by atoms with Crippen molar-refractivity contribution in [2.45, 2.75) is 13.8 Å². The van der Waals surface area contributed by atoms with Crippen LogP contribution in [0.25, 0.3) is 10.9 Å². The molecule has 0 aliphatic carbocycles. The lowest BCUT2D eigenvalue weighted by Gasteiger charge is -2.37. The molecule has 2 aromatic carbocycles. The maximum Gasteiger partial charge on any atom is 0.322 e. The lowest BCUT2D eigenvalue weighted by atomic mass is 10.1. The zero-order chi connectivity index (χ0) is 18.8. The van der Waals surface area contributed by atoms with Gasteiger partial charge in [-0.2, -0.15) is 0 Å². The van der Waals surface area contributed by atoms with E-state index in [1.807, 2.05) is 35.2 Å². The molecule has 3 aromatic rings.